The van der Waals surface area contributed by atoms with E-state index in [1.807, 2.05) is 25.3 Å². The van der Waals surface area contributed by atoms with Crippen molar-refractivity contribution in [2.45, 2.75) is 13.0 Å². The van der Waals surface area contributed by atoms with Crippen molar-refractivity contribution in [2.24, 2.45) is 12.0 Å². The predicted molar refractivity (Wildman–Crippen MR) is 140 cm³/mol. The molecule has 3 aromatic rings. The molecule has 1 saturated heterocycles. The number of nitrogens with zero attached hydrogens (tertiary/aromatic N) is 6. The van der Waals surface area contributed by atoms with Crippen LogP contribution < -0.4 is 10.2 Å². The fraction of sp³-hybridized carbons (Fsp3) is 0.333. The molecule has 37 heavy (non-hydrogen) atoms. The number of benzene rings is 1. The zero-order valence-corrected chi connectivity index (χ0v) is 20.8. The Labute approximate surface area is 215 Å². The van der Waals surface area contributed by atoms with Gasteiger partial charge in [0.25, 0.3) is 5.91 Å². The monoisotopic (exact) mass is 503 g/mol. The van der Waals surface area contributed by atoms with Gasteiger partial charge in [0.2, 0.25) is 0 Å². The number of aromatic nitrogens is 3. The number of aliphatic hydroxyl groups excluding tert-OH is 1. The van der Waals surface area contributed by atoms with Gasteiger partial charge < -0.3 is 15.3 Å². The number of amides is 1. The van der Waals surface area contributed by atoms with Gasteiger partial charge in [-0.05, 0) is 41.3 Å². The van der Waals surface area contributed by atoms with Crippen molar-refractivity contribution in [1.82, 2.24) is 25.0 Å². The molecule has 2 N–H and O–H groups in total. The molecule has 9 nitrogen and oxygen atoms in total. The smallest absolute Gasteiger partial charge is 0.256 e. The third-order valence-corrected chi connectivity index (χ3v) is 6.87. The van der Waals surface area contributed by atoms with E-state index in [1.54, 1.807) is 35.4 Å². The average Bonchev–Trinajstić information content (AvgIpc) is 3.19. The van der Waals surface area contributed by atoms with Gasteiger partial charge >= 0.3 is 0 Å². The number of piperazine rings is 1. The standard InChI is InChI=1S/C27H30FN7O2/c1-33-24(18-36)23(17-31-33)20-2-3-22-16-30-25(5-4-19(22)14-20)32-27(37)21-6-8-29-26(15-21)35-12-10-34(9-7-28)11-13-35/h2-3,5-6,8,14-17,36H,4,7,9-13,18H2,1H3,(H,32,37). The summed E-state index contributed by atoms with van der Waals surface area (Å²) in [6.45, 7) is 3.05. The summed E-state index contributed by atoms with van der Waals surface area (Å²) in [6.07, 6.45) is 7.64. The van der Waals surface area contributed by atoms with Crippen LogP contribution in [0.5, 0.6) is 0 Å². The van der Waals surface area contributed by atoms with Crippen LogP contribution in [-0.4, -0.2) is 76.3 Å². The number of aryl methyl sites for hydroxylation is 1. The van der Waals surface area contributed by atoms with Crippen LogP contribution in [0.1, 0.15) is 27.2 Å². The van der Waals surface area contributed by atoms with E-state index < -0.39 is 0 Å². The van der Waals surface area contributed by atoms with E-state index in [-0.39, 0.29) is 19.2 Å². The van der Waals surface area contributed by atoms with Crippen LogP contribution in [-0.2, 0) is 20.1 Å². The van der Waals surface area contributed by atoms with Crippen LogP contribution >= 0.6 is 0 Å². The Balaban J connectivity index is 1.27. The molecule has 2 aliphatic heterocycles. The highest BCUT2D eigenvalue weighted by Crippen LogP contribution is 2.27. The number of hydrogen-bond donors (Lipinski definition) is 2. The maximum absolute atomic E-state index is 13.0. The number of fused-ring (bicyclic) bond motifs is 1. The van der Waals surface area contributed by atoms with Gasteiger partial charge in [-0.2, -0.15) is 5.10 Å². The molecule has 0 unspecified atom stereocenters. The van der Waals surface area contributed by atoms with Crippen molar-refractivity contribution < 1.29 is 14.3 Å². The molecule has 0 atom stereocenters. The number of allylic oxidation sites excluding steroid dienone is 1. The first kappa shape index (κ1) is 24.8. The Kier molecular flexibility index (Phi) is 7.38. The predicted octanol–water partition coefficient (Wildman–Crippen LogP) is 2.31. The van der Waals surface area contributed by atoms with Crippen molar-refractivity contribution in [1.29, 1.82) is 0 Å². The summed E-state index contributed by atoms with van der Waals surface area (Å²) >= 11 is 0. The summed E-state index contributed by atoms with van der Waals surface area (Å²) in [5, 5.41) is 16.9. The summed E-state index contributed by atoms with van der Waals surface area (Å²) in [5.74, 6) is 0.972. The number of anilines is 1. The number of aliphatic hydroxyl groups is 1. The minimum absolute atomic E-state index is 0.0907. The molecule has 0 aliphatic carbocycles. The Morgan fingerprint density at radius 2 is 2.00 bits per heavy atom. The van der Waals surface area contributed by atoms with Crippen molar-refractivity contribution in [3.63, 3.8) is 0 Å². The molecule has 1 aromatic carbocycles. The van der Waals surface area contributed by atoms with Crippen LogP contribution in [0.2, 0.25) is 0 Å². The Morgan fingerprint density at radius 3 is 2.78 bits per heavy atom. The number of nitrogens with one attached hydrogen (secondary N) is 1. The summed E-state index contributed by atoms with van der Waals surface area (Å²) in [5.41, 5.74) is 5.16. The zero-order valence-electron chi connectivity index (χ0n) is 20.8. The molecule has 1 amide bonds. The van der Waals surface area contributed by atoms with E-state index >= 15 is 0 Å². The van der Waals surface area contributed by atoms with Gasteiger partial charge in [-0.25, -0.2) is 14.4 Å². The largest absolute Gasteiger partial charge is 0.390 e. The van der Waals surface area contributed by atoms with Gasteiger partial charge in [-0.3, -0.25) is 14.4 Å². The van der Waals surface area contributed by atoms with E-state index in [1.165, 1.54) is 0 Å². The SMILES string of the molecule is Cn1ncc(-c2ccc3c(c2)CC=C(NC(=O)c2ccnc(N4CCN(CCF)CC4)c2)N=C3)c1CO. The summed E-state index contributed by atoms with van der Waals surface area (Å²) in [6, 6.07) is 9.52. The van der Waals surface area contributed by atoms with Crippen molar-refractivity contribution in [3.8, 4) is 11.1 Å². The number of alkyl halides is 1. The molecule has 4 heterocycles. The molecule has 192 valence electrons. The lowest BCUT2D eigenvalue weighted by atomic mass is 9.98. The lowest BCUT2D eigenvalue weighted by molar-refractivity contribution is 0.0965. The highest BCUT2D eigenvalue weighted by Gasteiger charge is 2.19. The average molecular weight is 504 g/mol. The molecule has 2 aliphatic rings. The van der Waals surface area contributed by atoms with Crippen molar-refractivity contribution in [2.75, 3.05) is 44.3 Å². The van der Waals surface area contributed by atoms with Crippen LogP contribution in [0.3, 0.4) is 0 Å². The van der Waals surface area contributed by atoms with Gasteiger partial charge in [-0.1, -0.05) is 18.2 Å². The van der Waals surface area contributed by atoms with Gasteiger partial charge in [0.05, 0.1) is 18.5 Å². The number of carbonyl (C=O) groups is 1. The lowest BCUT2D eigenvalue weighted by Crippen LogP contribution is -2.47. The fourth-order valence-electron chi connectivity index (χ4n) is 4.69. The quantitative estimate of drug-likeness (QED) is 0.514. The normalized spacial score (nSPS) is 15.8. The second kappa shape index (κ2) is 11.0. The van der Waals surface area contributed by atoms with Crippen molar-refractivity contribution in [3.05, 3.63) is 77.0 Å². The Hall–Kier alpha value is -3.89. The van der Waals surface area contributed by atoms with E-state index in [4.69, 9.17) is 0 Å². The molecule has 2 aromatic heterocycles. The molecule has 0 bridgehead atoms. The van der Waals surface area contributed by atoms with Gasteiger partial charge in [-0.15, -0.1) is 0 Å². The van der Waals surface area contributed by atoms with E-state index in [2.05, 4.69) is 36.3 Å². The number of hydrogen-bond acceptors (Lipinski definition) is 7. The third-order valence-electron chi connectivity index (χ3n) is 6.87. The molecule has 1 fully saturated rings. The lowest BCUT2D eigenvalue weighted by Gasteiger charge is -2.35. The van der Waals surface area contributed by atoms with E-state index in [9.17, 15) is 14.3 Å². The van der Waals surface area contributed by atoms with Crippen LogP contribution in [0, 0.1) is 0 Å². The van der Waals surface area contributed by atoms with Gasteiger partial charge in [0, 0.05) is 63.3 Å². The van der Waals surface area contributed by atoms with Crippen LogP contribution in [0.15, 0.2) is 59.6 Å². The topological polar surface area (TPSA) is 98.9 Å². The number of pyridine rings is 1. The molecule has 5 rings (SSSR count). The number of rotatable bonds is 7. The molecule has 10 heteroatoms. The van der Waals surface area contributed by atoms with E-state index in [0.29, 0.717) is 24.4 Å². The van der Waals surface area contributed by atoms with Gasteiger partial charge in [0.1, 0.15) is 18.3 Å². The Bertz CT molecular complexity index is 1340. The summed E-state index contributed by atoms with van der Waals surface area (Å²) < 4.78 is 14.3. The number of aliphatic imine (C=N–C) groups is 1. The Morgan fingerprint density at radius 1 is 1.16 bits per heavy atom. The number of carbonyl (C=O) groups excluding carboxylic acids is 1. The first-order valence-electron chi connectivity index (χ1n) is 12.4. The fourth-order valence-corrected chi connectivity index (χ4v) is 4.69. The summed E-state index contributed by atoms with van der Waals surface area (Å²) in [4.78, 5) is 26.2. The molecular weight excluding hydrogens is 473 g/mol. The molecule has 0 saturated carbocycles. The molecule has 0 spiro atoms. The number of halogens is 1. The maximum Gasteiger partial charge on any atom is 0.256 e. The minimum Gasteiger partial charge on any atom is -0.390 e. The molecular formula is C27H30FN7O2. The highest BCUT2D eigenvalue weighted by molar-refractivity contribution is 5.96. The minimum atomic E-state index is -0.340. The second-order valence-corrected chi connectivity index (χ2v) is 9.13. The third kappa shape index (κ3) is 5.45. The first-order chi connectivity index (χ1) is 18.1. The summed E-state index contributed by atoms with van der Waals surface area (Å²) in [7, 11) is 1.81. The molecule has 0 radical (unpaired) electrons. The zero-order chi connectivity index (χ0) is 25.8. The van der Waals surface area contributed by atoms with Crippen LogP contribution in [0.25, 0.3) is 11.1 Å². The van der Waals surface area contributed by atoms with Gasteiger partial charge in [0.15, 0.2) is 0 Å². The van der Waals surface area contributed by atoms with Crippen molar-refractivity contribution >= 4 is 17.9 Å². The van der Waals surface area contributed by atoms with E-state index in [0.717, 1.165) is 59.9 Å². The van der Waals surface area contributed by atoms with Crippen LogP contribution in [0.4, 0.5) is 10.2 Å². The second-order valence-electron chi connectivity index (χ2n) is 9.13. The highest BCUT2D eigenvalue weighted by atomic mass is 19.1. The first-order valence-corrected chi connectivity index (χ1v) is 12.4. The maximum atomic E-state index is 13.0.